The largest absolute Gasteiger partial charge is 0.367 e. The number of nitrogens with zero attached hydrogens (tertiary/aromatic N) is 2. The molecule has 1 N–H and O–H groups in total. The molecule has 3 heteroatoms. The van der Waals surface area contributed by atoms with E-state index in [1.807, 2.05) is 0 Å². The van der Waals surface area contributed by atoms with Crippen LogP contribution < -0.4 is 5.32 Å². The highest BCUT2D eigenvalue weighted by atomic mass is 15.1. The number of hydrogen-bond acceptors (Lipinski definition) is 2. The Morgan fingerprint density at radius 1 is 1.32 bits per heavy atom. The minimum absolute atomic E-state index is 0.625. The molecule has 1 saturated carbocycles. The molecule has 0 radical (unpaired) electrons. The molecule has 3 rings (SSSR count). The second-order valence-electron chi connectivity index (χ2n) is 5.67. The van der Waals surface area contributed by atoms with Gasteiger partial charge in [0.25, 0.3) is 0 Å². The highest BCUT2D eigenvalue weighted by Crippen LogP contribution is 2.25. The lowest BCUT2D eigenvalue weighted by atomic mass is 9.95. The summed E-state index contributed by atoms with van der Waals surface area (Å²) in [5.74, 6) is 1.21. The summed E-state index contributed by atoms with van der Waals surface area (Å²) in [6.07, 6.45) is 9.82. The van der Waals surface area contributed by atoms with Crippen LogP contribution in [-0.2, 0) is 6.42 Å². The third-order valence-electron chi connectivity index (χ3n) is 4.13. The van der Waals surface area contributed by atoms with Crippen molar-refractivity contribution in [3.8, 4) is 0 Å². The summed E-state index contributed by atoms with van der Waals surface area (Å²) in [5, 5.41) is 3.74. The normalized spacial score (nSPS) is 16.9. The molecule has 102 valence electrons. The first-order chi connectivity index (χ1) is 9.28. The van der Waals surface area contributed by atoms with E-state index in [-0.39, 0.29) is 0 Å². The van der Waals surface area contributed by atoms with E-state index in [0.29, 0.717) is 6.04 Å². The average Bonchev–Trinajstić information content (AvgIpc) is 2.77. The number of imidazole rings is 1. The summed E-state index contributed by atoms with van der Waals surface area (Å²) in [6.45, 7) is 4.30. The lowest BCUT2D eigenvalue weighted by Crippen LogP contribution is -2.23. The van der Waals surface area contributed by atoms with Gasteiger partial charge in [0.1, 0.15) is 11.5 Å². The highest BCUT2D eigenvalue weighted by Gasteiger charge is 2.17. The number of nitrogens with one attached hydrogen (secondary N) is 1. The molecular weight excluding hydrogens is 234 g/mol. The van der Waals surface area contributed by atoms with Crippen LogP contribution in [0.1, 0.15) is 50.3 Å². The van der Waals surface area contributed by atoms with Gasteiger partial charge in [0.15, 0.2) is 0 Å². The molecule has 0 saturated heterocycles. The standard InChI is InChI=1S/C16H23N3/c1-3-14-16(17-13-7-5-4-6-8-13)19-10-9-12(2)11-15(19)18-14/h9-11,13,17H,3-8H2,1-2H3. The molecule has 0 unspecified atom stereocenters. The number of pyridine rings is 1. The van der Waals surface area contributed by atoms with Crippen molar-refractivity contribution >= 4 is 11.5 Å². The smallest absolute Gasteiger partial charge is 0.138 e. The van der Waals surface area contributed by atoms with E-state index in [1.165, 1.54) is 49.2 Å². The summed E-state index contributed by atoms with van der Waals surface area (Å²) in [4.78, 5) is 4.76. The molecule has 2 aromatic heterocycles. The summed E-state index contributed by atoms with van der Waals surface area (Å²) >= 11 is 0. The molecule has 2 aromatic rings. The van der Waals surface area contributed by atoms with Gasteiger partial charge in [-0.1, -0.05) is 26.2 Å². The number of aromatic nitrogens is 2. The van der Waals surface area contributed by atoms with Crippen molar-refractivity contribution in [3.05, 3.63) is 29.6 Å². The van der Waals surface area contributed by atoms with Crippen LogP contribution >= 0.6 is 0 Å². The predicted molar refractivity (Wildman–Crippen MR) is 79.8 cm³/mol. The number of hydrogen-bond donors (Lipinski definition) is 1. The lowest BCUT2D eigenvalue weighted by Gasteiger charge is -2.24. The minimum atomic E-state index is 0.625. The highest BCUT2D eigenvalue weighted by molar-refractivity contribution is 5.56. The van der Waals surface area contributed by atoms with Gasteiger partial charge in [-0.3, -0.25) is 4.40 Å². The van der Waals surface area contributed by atoms with E-state index in [4.69, 9.17) is 4.98 Å². The Morgan fingerprint density at radius 3 is 2.84 bits per heavy atom. The van der Waals surface area contributed by atoms with Crippen molar-refractivity contribution in [2.75, 3.05) is 5.32 Å². The zero-order chi connectivity index (χ0) is 13.2. The van der Waals surface area contributed by atoms with Crippen LogP contribution in [0.25, 0.3) is 5.65 Å². The van der Waals surface area contributed by atoms with Crippen molar-refractivity contribution in [3.63, 3.8) is 0 Å². The fourth-order valence-electron chi connectivity index (χ4n) is 3.03. The molecule has 1 fully saturated rings. The number of anilines is 1. The van der Waals surface area contributed by atoms with E-state index in [9.17, 15) is 0 Å². The Kier molecular flexibility index (Phi) is 3.45. The Bertz CT molecular complexity index is 565. The SMILES string of the molecule is CCc1nc2cc(C)ccn2c1NC1CCCCC1. The van der Waals surface area contributed by atoms with Crippen LogP contribution in [0, 0.1) is 6.92 Å². The molecule has 0 spiro atoms. The predicted octanol–water partition coefficient (Wildman–Crippen LogP) is 3.95. The Labute approximate surface area is 115 Å². The van der Waals surface area contributed by atoms with E-state index in [0.717, 1.165) is 12.1 Å². The van der Waals surface area contributed by atoms with Gasteiger partial charge in [-0.05, 0) is 43.9 Å². The van der Waals surface area contributed by atoms with Crippen LogP contribution in [0.4, 0.5) is 5.82 Å². The maximum absolute atomic E-state index is 4.76. The summed E-state index contributed by atoms with van der Waals surface area (Å²) in [7, 11) is 0. The molecule has 1 aliphatic carbocycles. The topological polar surface area (TPSA) is 29.3 Å². The molecule has 0 aromatic carbocycles. The van der Waals surface area contributed by atoms with Crippen LogP contribution in [0.3, 0.4) is 0 Å². The Morgan fingerprint density at radius 2 is 2.11 bits per heavy atom. The van der Waals surface area contributed by atoms with Crippen LogP contribution in [0.5, 0.6) is 0 Å². The van der Waals surface area contributed by atoms with Crippen molar-refractivity contribution in [2.45, 2.75) is 58.4 Å². The van der Waals surface area contributed by atoms with Gasteiger partial charge in [-0.25, -0.2) is 4.98 Å². The van der Waals surface area contributed by atoms with Gasteiger partial charge in [0, 0.05) is 12.2 Å². The second kappa shape index (κ2) is 5.24. The minimum Gasteiger partial charge on any atom is -0.367 e. The van der Waals surface area contributed by atoms with Crippen molar-refractivity contribution < 1.29 is 0 Å². The number of fused-ring (bicyclic) bond motifs is 1. The van der Waals surface area contributed by atoms with Crippen molar-refractivity contribution in [1.29, 1.82) is 0 Å². The third-order valence-corrected chi connectivity index (χ3v) is 4.13. The lowest BCUT2D eigenvalue weighted by molar-refractivity contribution is 0.461. The molecular formula is C16H23N3. The van der Waals surface area contributed by atoms with Crippen LogP contribution in [0.15, 0.2) is 18.3 Å². The summed E-state index contributed by atoms with van der Waals surface area (Å²) in [5.41, 5.74) is 3.52. The quantitative estimate of drug-likeness (QED) is 0.902. The molecule has 2 heterocycles. The second-order valence-corrected chi connectivity index (χ2v) is 5.67. The Hall–Kier alpha value is -1.51. The molecule has 0 atom stereocenters. The third kappa shape index (κ3) is 2.46. The fraction of sp³-hybridized carbons (Fsp3) is 0.562. The first-order valence-corrected chi connectivity index (χ1v) is 7.52. The van der Waals surface area contributed by atoms with Gasteiger partial charge in [0.05, 0.1) is 5.69 Å². The van der Waals surface area contributed by atoms with Gasteiger partial charge in [-0.15, -0.1) is 0 Å². The molecule has 0 amide bonds. The molecule has 1 aliphatic rings. The zero-order valence-electron chi connectivity index (χ0n) is 11.9. The van der Waals surface area contributed by atoms with E-state index in [2.05, 4.69) is 41.9 Å². The average molecular weight is 257 g/mol. The number of aryl methyl sites for hydroxylation is 2. The van der Waals surface area contributed by atoms with Crippen molar-refractivity contribution in [1.82, 2.24) is 9.38 Å². The molecule has 19 heavy (non-hydrogen) atoms. The molecule has 0 aliphatic heterocycles. The van der Waals surface area contributed by atoms with Gasteiger partial charge in [-0.2, -0.15) is 0 Å². The van der Waals surface area contributed by atoms with E-state index < -0.39 is 0 Å². The van der Waals surface area contributed by atoms with Gasteiger partial charge < -0.3 is 5.32 Å². The monoisotopic (exact) mass is 257 g/mol. The first kappa shape index (κ1) is 12.5. The summed E-state index contributed by atoms with van der Waals surface area (Å²) < 4.78 is 2.21. The zero-order valence-corrected chi connectivity index (χ0v) is 11.9. The first-order valence-electron chi connectivity index (χ1n) is 7.52. The fourth-order valence-corrected chi connectivity index (χ4v) is 3.03. The van der Waals surface area contributed by atoms with E-state index >= 15 is 0 Å². The van der Waals surface area contributed by atoms with E-state index in [1.54, 1.807) is 0 Å². The number of rotatable bonds is 3. The maximum atomic E-state index is 4.76. The van der Waals surface area contributed by atoms with Crippen LogP contribution in [-0.4, -0.2) is 15.4 Å². The van der Waals surface area contributed by atoms with Crippen LogP contribution in [0.2, 0.25) is 0 Å². The molecule has 0 bridgehead atoms. The Balaban J connectivity index is 1.95. The van der Waals surface area contributed by atoms with Gasteiger partial charge in [0.2, 0.25) is 0 Å². The molecule has 3 nitrogen and oxygen atoms in total. The van der Waals surface area contributed by atoms with Gasteiger partial charge >= 0.3 is 0 Å². The van der Waals surface area contributed by atoms with Crippen molar-refractivity contribution in [2.24, 2.45) is 0 Å². The maximum Gasteiger partial charge on any atom is 0.138 e. The summed E-state index contributed by atoms with van der Waals surface area (Å²) in [6, 6.07) is 4.94.